The molecule has 120 valence electrons. The number of nitrogens with one attached hydrogen (secondary N) is 2. The Balaban J connectivity index is 2.24. The fourth-order valence-electron chi connectivity index (χ4n) is 2.08. The first-order chi connectivity index (χ1) is 9.95. The standard InChI is InChI=1S/C15H27N3O2S/c1-14(12-16-2)21(19,20)17-10-7-11-18(3)13-15-8-5-4-6-9-15/h4-6,8-9,14,16-17H,7,10-13H2,1-3H3. The maximum atomic E-state index is 11.9. The zero-order valence-electron chi connectivity index (χ0n) is 13.2. The Hall–Kier alpha value is -0.950. The van der Waals surface area contributed by atoms with E-state index in [1.807, 2.05) is 25.2 Å². The first-order valence-corrected chi connectivity index (χ1v) is 8.86. The van der Waals surface area contributed by atoms with Crippen LogP contribution in [-0.2, 0) is 16.6 Å². The van der Waals surface area contributed by atoms with Crippen molar-refractivity contribution in [1.29, 1.82) is 0 Å². The molecule has 1 unspecified atom stereocenters. The van der Waals surface area contributed by atoms with Crippen molar-refractivity contribution in [2.24, 2.45) is 0 Å². The summed E-state index contributed by atoms with van der Waals surface area (Å²) in [7, 11) is 0.591. The van der Waals surface area contributed by atoms with Crippen LogP contribution in [0.1, 0.15) is 18.9 Å². The van der Waals surface area contributed by atoms with Gasteiger partial charge >= 0.3 is 0 Å². The van der Waals surface area contributed by atoms with Gasteiger partial charge in [-0.05, 0) is 39.5 Å². The minimum Gasteiger partial charge on any atom is -0.318 e. The van der Waals surface area contributed by atoms with Gasteiger partial charge in [-0.2, -0.15) is 0 Å². The first-order valence-electron chi connectivity index (χ1n) is 7.31. The fraction of sp³-hybridized carbons (Fsp3) is 0.600. The molecule has 2 N–H and O–H groups in total. The maximum absolute atomic E-state index is 11.9. The van der Waals surface area contributed by atoms with Crippen LogP contribution in [0.2, 0.25) is 0 Å². The van der Waals surface area contributed by atoms with Crippen molar-refractivity contribution in [3.63, 3.8) is 0 Å². The van der Waals surface area contributed by atoms with Crippen LogP contribution in [-0.4, -0.2) is 52.3 Å². The highest BCUT2D eigenvalue weighted by Crippen LogP contribution is 2.03. The second-order valence-electron chi connectivity index (χ2n) is 5.38. The van der Waals surface area contributed by atoms with Gasteiger partial charge in [-0.15, -0.1) is 0 Å². The van der Waals surface area contributed by atoms with Gasteiger partial charge in [0.2, 0.25) is 10.0 Å². The molecular formula is C15H27N3O2S. The zero-order valence-corrected chi connectivity index (χ0v) is 14.0. The third-order valence-electron chi connectivity index (χ3n) is 3.34. The summed E-state index contributed by atoms with van der Waals surface area (Å²) in [5.41, 5.74) is 1.27. The van der Waals surface area contributed by atoms with Gasteiger partial charge in [0, 0.05) is 19.6 Å². The van der Waals surface area contributed by atoms with E-state index in [4.69, 9.17) is 0 Å². The lowest BCUT2D eigenvalue weighted by Gasteiger charge is -2.17. The molecule has 0 saturated heterocycles. The third kappa shape index (κ3) is 7.04. The molecule has 0 radical (unpaired) electrons. The first kappa shape index (κ1) is 18.1. The summed E-state index contributed by atoms with van der Waals surface area (Å²) >= 11 is 0. The lowest BCUT2D eigenvalue weighted by atomic mass is 10.2. The van der Waals surface area contributed by atoms with Gasteiger partial charge in [0.05, 0.1) is 5.25 Å². The van der Waals surface area contributed by atoms with E-state index in [9.17, 15) is 8.42 Å². The molecule has 0 aliphatic carbocycles. The summed E-state index contributed by atoms with van der Waals surface area (Å²) in [5.74, 6) is 0. The Morgan fingerprint density at radius 1 is 1.24 bits per heavy atom. The number of hydrogen-bond donors (Lipinski definition) is 2. The SMILES string of the molecule is CNCC(C)S(=O)(=O)NCCCN(C)Cc1ccccc1. The third-order valence-corrected chi connectivity index (χ3v) is 5.17. The molecule has 0 bridgehead atoms. The number of sulfonamides is 1. The molecule has 1 aromatic carbocycles. The minimum absolute atomic E-state index is 0.412. The van der Waals surface area contributed by atoms with Gasteiger partial charge < -0.3 is 10.2 Å². The molecule has 0 amide bonds. The average molecular weight is 313 g/mol. The molecule has 0 aliphatic heterocycles. The van der Waals surface area contributed by atoms with Gasteiger partial charge in [-0.25, -0.2) is 13.1 Å². The van der Waals surface area contributed by atoms with Crippen LogP contribution in [0.5, 0.6) is 0 Å². The van der Waals surface area contributed by atoms with E-state index in [2.05, 4.69) is 27.1 Å². The summed E-state index contributed by atoms with van der Waals surface area (Å²) in [4.78, 5) is 2.20. The van der Waals surface area contributed by atoms with Crippen LogP contribution >= 0.6 is 0 Å². The zero-order chi connectivity index (χ0) is 15.7. The monoisotopic (exact) mass is 313 g/mol. The number of benzene rings is 1. The Kier molecular flexibility index (Phi) is 7.88. The molecule has 1 atom stereocenters. The number of hydrogen-bond acceptors (Lipinski definition) is 4. The second kappa shape index (κ2) is 9.15. The number of rotatable bonds is 10. The highest BCUT2D eigenvalue weighted by Gasteiger charge is 2.18. The summed E-state index contributed by atoms with van der Waals surface area (Å²) in [5, 5.41) is 2.47. The van der Waals surface area contributed by atoms with Crippen molar-refractivity contribution in [3.05, 3.63) is 35.9 Å². The fourth-order valence-corrected chi connectivity index (χ4v) is 3.18. The predicted molar refractivity (Wildman–Crippen MR) is 87.7 cm³/mol. The van der Waals surface area contributed by atoms with Crippen LogP contribution < -0.4 is 10.0 Å². The lowest BCUT2D eigenvalue weighted by Crippen LogP contribution is -2.39. The summed E-state index contributed by atoms with van der Waals surface area (Å²) < 4.78 is 26.5. The van der Waals surface area contributed by atoms with Crippen molar-refractivity contribution in [2.75, 3.05) is 33.7 Å². The average Bonchev–Trinajstić information content (AvgIpc) is 2.45. The summed E-state index contributed by atoms with van der Waals surface area (Å²) in [6.45, 7) is 4.39. The van der Waals surface area contributed by atoms with Gasteiger partial charge in [-0.1, -0.05) is 30.3 Å². The molecule has 0 saturated carbocycles. The summed E-state index contributed by atoms with van der Waals surface area (Å²) in [6.07, 6.45) is 0.800. The second-order valence-corrected chi connectivity index (χ2v) is 7.57. The Bertz CT molecular complexity index is 491. The Morgan fingerprint density at radius 3 is 2.52 bits per heavy atom. The molecule has 0 fully saturated rings. The van der Waals surface area contributed by atoms with Crippen LogP contribution in [0.3, 0.4) is 0 Å². The van der Waals surface area contributed by atoms with Crippen LogP contribution in [0.15, 0.2) is 30.3 Å². The van der Waals surface area contributed by atoms with E-state index >= 15 is 0 Å². The van der Waals surface area contributed by atoms with Gasteiger partial charge in [0.1, 0.15) is 0 Å². The lowest BCUT2D eigenvalue weighted by molar-refractivity contribution is 0.322. The van der Waals surface area contributed by atoms with Crippen molar-refractivity contribution in [3.8, 4) is 0 Å². The van der Waals surface area contributed by atoms with Gasteiger partial charge in [-0.3, -0.25) is 0 Å². The van der Waals surface area contributed by atoms with Crippen molar-refractivity contribution in [1.82, 2.24) is 14.9 Å². The smallest absolute Gasteiger partial charge is 0.215 e. The predicted octanol–water partition coefficient (Wildman–Crippen LogP) is 1.04. The molecular weight excluding hydrogens is 286 g/mol. The number of nitrogens with zero attached hydrogens (tertiary/aromatic N) is 1. The highest BCUT2D eigenvalue weighted by molar-refractivity contribution is 7.90. The van der Waals surface area contributed by atoms with Crippen LogP contribution in [0.25, 0.3) is 0 Å². The van der Waals surface area contributed by atoms with E-state index < -0.39 is 15.3 Å². The molecule has 0 spiro atoms. The van der Waals surface area contributed by atoms with Crippen LogP contribution in [0.4, 0.5) is 0 Å². The molecule has 1 aromatic rings. The van der Waals surface area contributed by atoms with Crippen molar-refractivity contribution in [2.45, 2.75) is 25.1 Å². The Morgan fingerprint density at radius 2 is 1.90 bits per heavy atom. The topological polar surface area (TPSA) is 61.4 Å². The van der Waals surface area contributed by atoms with E-state index in [1.165, 1.54) is 5.56 Å². The van der Waals surface area contributed by atoms with Crippen LogP contribution in [0, 0.1) is 0 Å². The van der Waals surface area contributed by atoms with E-state index in [-0.39, 0.29) is 0 Å². The Labute approximate surface area is 128 Å². The van der Waals surface area contributed by atoms with Crippen molar-refractivity contribution >= 4 is 10.0 Å². The minimum atomic E-state index is -3.21. The van der Waals surface area contributed by atoms with E-state index in [1.54, 1.807) is 14.0 Å². The normalized spacial score (nSPS) is 13.5. The molecule has 0 aliphatic rings. The molecule has 1 rings (SSSR count). The molecule has 5 nitrogen and oxygen atoms in total. The molecule has 6 heteroatoms. The largest absolute Gasteiger partial charge is 0.318 e. The molecule has 0 aromatic heterocycles. The van der Waals surface area contributed by atoms with Crippen molar-refractivity contribution < 1.29 is 8.42 Å². The quantitative estimate of drug-likeness (QED) is 0.634. The molecule has 21 heavy (non-hydrogen) atoms. The summed E-state index contributed by atoms with van der Waals surface area (Å²) in [6, 6.07) is 10.3. The van der Waals surface area contributed by atoms with Gasteiger partial charge in [0.25, 0.3) is 0 Å². The highest BCUT2D eigenvalue weighted by atomic mass is 32.2. The van der Waals surface area contributed by atoms with E-state index in [0.717, 1.165) is 19.5 Å². The molecule has 0 heterocycles. The maximum Gasteiger partial charge on any atom is 0.215 e. The van der Waals surface area contributed by atoms with E-state index in [0.29, 0.717) is 13.1 Å². The van der Waals surface area contributed by atoms with Gasteiger partial charge in [0.15, 0.2) is 0 Å².